The molecule has 1 aromatic carbocycles. The Balaban J connectivity index is 0.000000941. The van der Waals surface area contributed by atoms with E-state index < -0.39 is 5.54 Å². The molecule has 7 nitrogen and oxygen atoms in total. The van der Waals surface area contributed by atoms with Gasteiger partial charge in [0, 0.05) is 45.6 Å². The number of carbonyl (C=O) groups excluding carboxylic acids is 1. The Hall–Kier alpha value is -3.00. The number of aromatic nitrogens is 1. The SMILES string of the molecule is CN(C)C(=O)C1(Nc2cccc(F)c2)CCN(Cc2ccccn2)CC1.O=CO. The number of pyridine rings is 1. The number of amides is 1. The van der Waals surface area contributed by atoms with Crippen molar-refractivity contribution in [3.8, 4) is 0 Å². The summed E-state index contributed by atoms with van der Waals surface area (Å²) in [6, 6.07) is 12.2. The van der Waals surface area contributed by atoms with Crippen molar-refractivity contribution < 1.29 is 19.1 Å². The maximum absolute atomic E-state index is 13.6. The minimum absolute atomic E-state index is 0.0271. The van der Waals surface area contributed by atoms with Crippen LogP contribution in [-0.4, -0.2) is 65.0 Å². The van der Waals surface area contributed by atoms with Crippen LogP contribution in [0, 0.1) is 5.82 Å². The molecule has 1 aliphatic rings. The molecular weight excluding hydrogens is 375 g/mol. The zero-order chi connectivity index (χ0) is 21.3. The number of hydrogen-bond acceptors (Lipinski definition) is 5. The number of likely N-dealkylation sites (N-methyl/N-ethyl adjacent to an activating group) is 1. The van der Waals surface area contributed by atoms with E-state index in [-0.39, 0.29) is 18.2 Å². The summed E-state index contributed by atoms with van der Waals surface area (Å²) >= 11 is 0. The van der Waals surface area contributed by atoms with Crippen LogP contribution in [0.15, 0.2) is 48.7 Å². The summed E-state index contributed by atoms with van der Waals surface area (Å²) in [5.74, 6) is -0.283. The monoisotopic (exact) mass is 402 g/mol. The van der Waals surface area contributed by atoms with Gasteiger partial charge in [-0.15, -0.1) is 0 Å². The van der Waals surface area contributed by atoms with Gasteiger partial charge in [0.1, 0.15) is 11.4 Å². The Morgan fingerprint density at radius 1 is 1.28 bits per heavy atom. The number of piperidine rings is 1. The average molecular weight is 402 g/mol. The number of likely N-dealkylation sites (tertiary alicyclic amines) is 1. The van der Waals surface area contributed by atoms with E-state index in [0.29, 0.717) is 18.5 Å². The molecule has 156 valence electrons. The number of anilines is 1. The Kier molecular flexibility index (Phi) is 8.09. The van der Waals surface area contributed by atoms with Crippen molar-refractivity contribution in [2.45, 2.75) is 24.9 Å². The van der Waals surface area contributed by atoms with E-state index in [1.54, 1.807) is 37.3 Å². The molecule has 1 saturated heterocycles. The van der Waals surface area contributed by atoms with Crippen molar-refractivity contribution >= 4 is 18.1 Å². The summed E-state index contributed by atoms with van der Waals surface area (Å²) in [6.45, 7) is 2.07. The summed E-state index contributed by atoms with van der Waals surface area (Å²) in [7, 11) is 3.52. The molecule has 29 heavy (non-hydrogen) atoms. The van der Waals surface area contributed by atoms with Crippen molar-refractivity contribution in [2.75, 3.05) is 32.5 Å². The van der Waals surface area contributed by atoms with Crippen molar-refractivity contribution in [2.24, 2.45) is 0 Å². The molecule has 1 fully saturated rings. The Bertz CT molecular complexity index is 794. The van der Waals surface area contributed by atoms with Gasteiger partial charge in [-0.2, -0.15) is 0 Å². The minimum Gasteiger partial charge on any atom is -0.483 e. The molecule has 1 aromatic heterocycles. The number of hydrogen-bond donors (Lipinski definition) is 2. The molecule has 3 rings (SSSR count). The fourth-order valence-electron chi connectivity index (χ4n) is 3.48. The van der Waals surface area contributed by atoms with E-state index in [9.17, 15) is 9.18 Å². The van der Waals surface area contributed by atoms with Crippen LogP contribution in [0.2, 0.25) is 0 Å². The lowest BCUT2D eigenvalue weighted by Gasteiger charge is -2.43. The molecule has 2 aromatic rings. The predicted molar refractivity (Wildman–Crippen MR) is 109 cm³/mol. The van der Waals surface area contributed by atoms with E-state index in [0.717, 1.165) is 25.3 Å². The van der Waals surface area contributed by atoms with Crippen molar-refractivity contribution in [3.63, 3.8) is 0 Å². The second kappa shape index (κ2) is 10.5. The molecule has 0 aliphatic carbocycles. The number of halogens is 1. The maximum Gasteiger partial charge on any atom is 0.290 e. The highest BCUT2D eigenvalue weighted by Gasteiger charge is 2.42. The summed E-state index contributed by atoms with van der Waals surface area (Å²) in [5, 5.41) is 10.2. The molecule has 8 heteroatoms. The van der Waals surface area contributed by atoms with Crippen molar-refractivity contribution in [1.82, 2.24) is 14.8 Å². The smallest absolute Gasteiger partial charge is 0.290 e. The first-order valence-electron chi connectivity index (χ1n) is 9.36. The third kappa shape index (κ3) is 6.25. The summed E-state index contributed by atoms with van der Waals surface area (Å²) in [6.07, 6.45) is 3.12. The van der Waals surface area contributed by atoms with Crippen LogP contribution in [0.3, 0.4) is 0 Å². The number of carbonyl (C=O) groups is 2. The van der Waals surface area contributed by atoms with Crippen LogP contribution in [0.5, 0.6) is 0 Å². The van der Waals surface area contributed by atoms with Crippen LogP contribution in [0.4, 0.5) is 10.1 Å². The molecule has 0 saturated carbocycles. The second-order valence-electron chi connectivity index (χ2n) is 7.12. The zero-order valence-electron chi connectivity index (χ0n) is 16.7. The van der Waals surface area contributed by atoms with Crippen LogP contribution >= 0.6 is 0 Å². The van der Waals surface area contributed by atoms with E-state index >= 15 is 0 Å². The highest BCUT2D eigenvalue weighted by molar-refractivity contribution is 5.89. The Morgan fingerprint density at radius 3 is 2.52 bits per heavy atom. The summed E-state index contributed by atoms with van der Waals surface area (Å²) in [5.41, 5.74) is 0.952. The van der Waals surface area contributed by atoms with Crippen molar-refractivity contribution in [1.29, 1.82) is 0 Å². The molecule has 0 atom stereocenters. The molecule has 0 spiro atoms. The number of benzene rings is 1. The summed E-state index contributed by atoms with van der Waals surface area (Å²) < 4.78 is 13.6. The van der Waals surface area contributed by atoms with E-state index in [2.05, 4.69) is 15.2 Å². The number of nitrogens with zero attached hydrogens (tertiary/aromatic N) is 3. The van der Waals surface area contributed by atoms with Gasteiger partial charge >= 0.3 is 0 Å². The van der Waals surface area contributed by atoms with Crippen molar-refractivity contribution in [3.05, 3.63) is 60.2 Å². The third-order valence-corrected chi connectivity index (χ3v) is 4.85. The topological polar surface area (TPSA) is 85.8 Å². The van der Waals surface area contributed by atoms with Crippen LogP contribution in [0.25, 0.3) is 0 Å². The van der Waals surface area contributed by atoms with Crippen LogP contribution < -0.4 is 5.32 Å². The maximum atomic E-state index is 13.6. The largest absolute Gasteiger partial charge is 0.483 e. The summed E-state index contributed by atoms with van der Waals surface area (Å²) in [4.78, 5) is 29.6. The molecular formula is C21H27FN4O3. The average Bonchev–Trinajstić information content (AvgIpc) is 2.70. The molecule has 2 heterocycles. The van der Waals surface area contributed by atoms with Gasteiger partial charge in [-0.05, 0) is 43.2 Å². The van der Waals surface area contributed by atoms with Gasteiger partial charge in [0.25, 0.3) is 6.47 Å². The van der Waals surface area contributed by atoms with Gasteiger partial charge in [-0.25, -0.2) is 4.39 Å². The third-order valence-electron chi connectivity index (χ3n) is 4.85. The highest BCUT2D eigenvalue weighted by atomic mass is 19.1. The molecule has 2 N–H and O–H groups in total. The molecule has 1 amide bonds. The van der Waals surface area contributed by atoms with Gasteiger partial charge in [0.05, 0.1) is 5.69 Å². The number of nitrogens with one attached hydrogen (secondary N) is 1. The normalized spacial score (nSPS) is 15.6. The van der Waals surface area contributed by atoms with Gasteiger partial charge in [-0.3, -0.25) is 19.5 Å². The second-order valence-corrected chi connectivity index (χ2v) is 7.12. The lowest BCUT2D eigenvalue weighted by atomic mass is 9.85. The minimum atomic E-state index is -0.710. The first kappa shape index (κ1) is 22.3. The standard InChI is InChI=1S/C20H25FN4O.CH2O2/c1-24(2)19(26)20(23-17-8-5-6-16(21)14-17)9-12-25(13-10-20)15-18-7-3-4-11-22-18;2-1-3/h3-8,11,14,23H,9-10,12-13,15H2,1-2H3;1H,(H,2,3). The highest BCUT2D eigenvalue weighted by Crippen LogP contribution is 2.29. The van der Waals surface area contributed by atoms with E-state index in [4.69, 9.17) is 9.90 Å². The quantitative estimate of drug-likeness (QED) is 0.748. The van der Waals surface area contributed by atoms with Crippen LogP contribution in [-0.2, 0) is 16.1 Å². The Labute approximate surface area is 170 Å². The Morgan fingerprint density at radius 2 is 1.97 bits per heavy atom. The molecule has 0 bridgehead atoms. The first-order valence-corrected chi connectivity index (χ1v) is 9.36. The van der Waals surface area contributed by atoms with Gasteiger partial charge in [-0.1, -0.05) is 12.1 Å². The molecule has 0 radical (unpaired) electrons. The molecule has 1 aliphatic heterocycles. The van der Waals surface area contributed by atoms with Gasteiger partial charge < -0.3 is 15.3 Å². The fraction of sp³-hybridized carbons (Fsp3) is 0.381. The first-order chi connectivity index (χ1) is 13.9. The van der Waals surface area contributed by atoms with Gasteiger partial charge in [0.2, 0.25) is 5.91 Å². The van der Waals surface area contributed by atoms with Gasteiger partial charge in [0.15, 0.2) is 0 Å². The lowest BCUT2D eigenvalue weighted by Crippen LogP contribution is -2.57. The van der Waals surface area contributed by atoms with Crippen LogP contribution in [0.1, 0.15) is 18.5 Å². The lowest BCUT2D eigenvalue weighted by molar-refractivity contribution is -0.135. The number of rotatable bonds is 5. The molecule has 0 unspecified atom stereocenters. The number of carboxylic acid groups (broad SMARTS) is 1. The zero-order valence-corrected chi connectivity index (χ0v) is 16.7. The van der Waals surface area contributed by atoms with E-state index in [1.165, 1.54) is 12.1 Å². The fourth-order valence-corrected chi connectivity index (χ4v) is 3.48. The predicted octanol–water partition coefficient (Wildman–Crippen LogP) is 2.46. The van der Waals surface area contributed by atoms with E-state index in [1.807, 2.05) is 18.2 Å².